The van der Waals surface area contributed by atoms with Crippen LogP contribution in [0.4, 0.5) is 4.79 Å². The minimum Gasteiger partial charge on any atom is -0.286 e. The second kappa shape index (κ2) is 5.01. The van der Waals surface area contributed by atoms with Crippen LogP contribution in [-0.4, -0.2) is 53.9 Å². The summed E-state index contributed by atoms with van der Waals surface area (Å²) < 4.78 is 0. The molecule has 1 fully saturated rings. The van der Waals surface area contributed by atoms with Crippen molar-refractivity contribution < 1.29 is 9.59 Å². The molecule has 1 heterocycles. The molecule has 1 saturated heterocycles. The summed E-state index contributed by atoms with van der Waals surface area (Å²) in [5.74, 6) is -0.597. The third kappa shape index (κ3) is 2.37. The minimum absolute atomic E-state index is 0.111. The predicted molar refractivity (Wildman–Crippen MR) is 71.5 cm³/mol. The zero-order valence-corrected chi connectivity index (χ0v) is 10.7. The van der Waals surface area contributed by atoms with Crippen LogP contribution in [0.15, 0.2) is 35.3 Å². The van der Waals surface area contributed by atoms with E-state index in [2.05, 4.69) is 4.99 Å². The number of likely N-dealkylation sites (N-methyl/N-ethyl adjacent to an activating group) is 2. The van der Waals surface area contributed by atoms with Crippen molar-refractivity contribution in [1.29, 1.82) is 5.41 Å². The number of hydrogen-bond donors (Lipinski definition) is 1. The molecule has 1 aliphatic rings. The molecule has 98 valence electrons. The lowest BCUT2D eigenvalue weighted by molar-refractivity contribution is -0.128. The van der Waals surface area contributed by atoms with E-state index in [9.17, 15) is 9.59 Å². The van der Waals surface area contributed by atoms with E-state index < -0.39 is 18.0 Å². The molecule has 1 N–H and O–H groups in total. The molecule has 1 aromatic carbocycles. The van der Waals surface area contributed by atoms with Crippen LogP contribution in [0, 0.1) is 5.41 Å². The summed E-state index contributed by atoms with van der Waals surface area (Å²) in [4.78, 5) is 29.8. The monoisotopic (exact) mass is 258 g/mol. The number of amides is 3. The van der Waals surface area contributed by atoms with E-state index in [0.29, 0.717) is 0 Å². The topological polar surface area (TPSA) is 76.8 Å². The van der Waals surface area contributed by atoms with E-state index in [1.54, 1.807) is 0 Å². The van der Waals surface area contributed by atoms with Gasteiger partial charge < -0.3 is 0 Å². The van der Waals surface area contributed by atoms with Gasteiger partial charge in [-0.15, -0.1) is 0 Å². The Morgan fingerprint density at radius 2 is 1.79 bits per heavy atom. The summed E-state index contributed by atoms with van der Waals surface area (Å²) in [7, 11) is 2.84. The molecule has 0 radical (unpaired) electrons. The van der Waals surface area contributed by atoms with Crippen LogP contribution < -0.4 is 0 Å². The predicted octanol–water partition coefficient (Wildman–Crippen LogP) is 0.975. The molecule has 0 aromatic heterocycles. The van der Waals surface area contributed by atoms with Crippen LogP contribution in [0.2, 0.25) is 0 Å². The summed E-state index contributed by atoms with van der Waals surface area (Å²) in [5.41, 5.74) is 0.838. The Hall–Kier alpha value is -2.50. The van der Waals surface area contributed by atoms with Crippen molar-refractivity contribution in [1.82, 2.24) is 9.80 Å². The van der Waals surface area contributed by atoms with Crippen LogP contribution in [0.5, 0.6) is 0 Å². The van der Waals surface area contributed by atoms with Crippen molar-refractivity contribution in [3.05, 3.63) is 35.9 Å². The van der Waals surface area contributed by atoms with Crippen molar-refractivity contribution in [3.8, 4) is 0 Å². The molecule has 1 aliphatic heterocycles. The van der Waals surface area contributed by atoms with Crippen molar-refractivity contribution >= 4 is 24.0 Å². The number of carbonyl (C=O) groups is 2. The molecule has 2 rings (SSSR count). The highest BCUT2D eigenvalue weighted by Gasteiger charge is 2.39. The van der Waals surface area contributed by atoms with Crippen molar-refractivity contribution in [2.75, 3.05) is 14.1 Å². The standard InChI is InChI=1S/C13H14N4O2/c1-16-11(14)10(12(18)17(2)13(16)19)15-8-9-6-4-3-5-7-9/h3-8,10,14H,1-2H3. The number of nitrogens with one attached hydrogen (secondary N) is 1. The highest BCUT2D eigenvalue weighted by molar-refractivity contribution is 6.20. The second-order valence-corrected chi connectivity index (χ2v) is 4.22. The van der Waals surface area contributed by atoms with Crippen LogP contribution in [0.1, 0.15) is 5.56 Å². The van der Waals surface area contributed by atoms with Gasteiger partial charge in [-0.2, -0.15) is 0 Å². The second-order valence-electron chi connectivity index (χ2n) is 4.22. The normalized spacial score (nSPS) is 20.5. The Morgan fingerprint density at radius 3 is 2.42 bits per heavy atom. The first-order valence-electron chi connectivity index (χ1n) is 5.74. The smallest absolute Gasteiger partial charge is 0.286 e. The molecule has 0 bridgehead atoms. The highest BCUT2D eigenvalue weighted by atomic mass is 16.2. The van der Waals surface area contributed by atoms with Gasteiger partial charge >= 0.3 is 6.03 Å². The maximum absolute atomic E-state index is 11.9. The number of rotatable bonds is 2. The maximum atomic E-state index is 11.9. The Bertz CT molecular complexity index is 529. The lowest BCUT2D eigenvalue weighted by Crippen LogP contribution is -2.58. The van der Waals surface area contributed by atoms with Crippen LogP contribution in [0.3, 0.4) is 0 Å². The van der Waals surface area contributed by atoms with Gasteiger partial charge in [0.25, 0.3) is 5.91 Å². The largest absolute Gasteiger partial charge is 0.331 e. The zero-order valence-electron chi connectivity index (χ0n) is 10.7. The van der Waals surface area contributed by atoms with E-state index in [1.165, 1.54) is 20.3 Å². The fraction of sp³-hybridized carbons (Fsp3) is 0.231. The van der Waals surface area contributed by atoms with Crippen LogP contribution in [0.25, 0.3) is 0 Å². The molecule has 3 amide bonds. The van der Waals surface area contributed by atoms with Gasteiger partial charge in [0, 0.05) is 20.3 Å². The quantitative estimate of drug-likeness (QED) is 0.802. The average Bonchev–Trinajstić information content (AvgIpc) is 2.44. The van der Waals surface area contributed by atoms with E-state index >= 15 is 0 Å². The minimum atomic E-state index is -0.965. The summed E-state index contributed by atoms with van der Waals surface area (Å²) >= 11 is 0. The van der Waals surface area contributed by atoms with Crippen molar-refractivity contribution in [3.63, 3.8) is 0 Å². The zero-order chi connectivity index (χ0) is 14.0. The Balaban J connectivity index is 2.24. The van der Waals surface area contributed by atoms with Gasteiger partial charge in [0.2, 0.25) is 0 Å². The van der Waals surface area contributed by atoms with Crippen molar-refractivity contribution in [2.45, 2.75) is 6.04 Å². The molecule has 19 heavy (non-hydrogen) atoms. The molecule has 0 saturated carbocycles. The first-order valence-corrected chi connectivity index (χ1v) is 5.74. The molecular weight excluding hydrogens is 244 g/mol. The number of carbonyl (C=O) groups excluding carboxylic acids is 2. The van der Waals surface area contributed by atoms with Crippen LogP contribution >= 0.6 is 0 Å². The van der Waals surface area contributed by atoms with Crippen LogP contribution in [-0.2, 0) is 4.79 Å². The number of urea groups is 1. The molecule has 1 atom stereocenters. The van der Waals surface area contributed by atoms with Gasteiger partial charge in [-0.25, -0.2) is 4.79 Å². The summed E-state index contributed by atoms with van der Waals surface area (Å²) in [6, 6.07) is 7.81. The summed E-state index contributed by atoms with van der Waals surface area (Å²) in [6.45, 7) is 0. The van der Waals surface area contributed by atoms with Gasteiger partial charge in [-0.3, -0.25) is 25.0 Å². The SMILES string of the molecule is CN1C(=N)C(N=Cc2ccccc2)C(=O)N(C)C1=O. The van der Waals surface area contributed by atoms with E-state index in [1.807, 2.05) is 30.3 Å². The van der Waals surface area contributed by atoms with E-state index in [4.69, 9.17) is 5.41 Å². The number of amidine groups is 1. The fourth-order valence-electron chi connectivity index (χ4n) is 1.74. The fourth-order valence-corrected chi connectivity index (χ4v) is 1.74. The van der Waals surface area contributed by atoms with Gasteiger partial charge in [-0.1, -0.05) is 30.3 Å². The van der Waals surface area contributed by atoms with Gasteiger partial charge in [0.05, 0.1) is 0 Å². The molecule has 6 heteroatoms. The Kier molecular flexibility index (Phi) is 3.41. The molecule has 0 spiro atoms. The first-order chi connectivity index (χ1) is 9.02. The molecule has 6 nitrogen and oxygen atoms in total. The third-order valence-electron chi connectivity index (χ3n) is 2.93. The highest BCUT2D eigenvalue weighted by Crippen LogP contribution is 2.12. The summed E-state index contributed by atoms with van der Waals surface area (Å²) in [5, 5.41) is 7.81. The number of imide groups is 1. The number of nitrogens with zero attached hydrogens (tertiary/aromatic N) is 3. The first kappa shape index (κ1) is 12.9. The number of hydrogen-bond acceptors (Lipinski definition) is 4. The Labute approximate surface area is 110 Å². The van der Waals surface area contributed by atoms with Gasteiger partial charge in [0.15, 0.2) is 6.04 Å². The third-order valence-corrected chi connectivity index (χ3v) is 2.93. The van der Waals surface area contributed by atoms with Crippen molar-refractivity contribution in [2.24, 2.45) is 4.99 Å². The van der Waals surface area contributed by atoms with E-state index in [-0.39, 0.29) is 5.84 Å². The lowest BCUT2D eigenvalue weighted by Gasteiger charge is -2.32. The number of aliphatic imine (C=N–C) groups is 1. The molecule has 0 aliphatic carbocycles. The molecule has 1 aromatic rings. The van der Waals surface area contributed by atoms with Gasteiger partial charge in [0.1, 0.15) is 5.84 Å². The average molecular weight is 258 g/mol. The van der Waals surface area contributed by atoms with E-state index in [0.717, 1.165) is 15.4 Å². The summed E-state index contributed by atoms with van der Waals surface area (Å²) in [6.07, 6.45) is 1.54. The number of benzene rings is 1. The lowest BCUT2D eigenvalue weighted by atomic mass is 10.1. The molecule has 1 unspecified atom stereocenters. The maximum Gasteiger partial charge on any atom is 0.331 e. The molecular formula is C13H14N4O2. The Morgan fingerprint density at radius 1 is 1.16 bits per heavy atom. The van der Waals surface area contributed by atoms with Gasteiger partial charge in [-0.05, 0) is 5.56 Å².